The van der Waals surface area contributed by atoms with E-state index in [0.717, 1.165) is 15.6 Å². The van der Waals surface area contributed by atoms with Crippen molar-refractivity contribution in [1.82, 2.24) is 0 Å². The van der Waals surface area contributed by atoms with E-state index in [9.17, 15) is 9.59 Å². The van der Waals surface area contributed by atoms with Crippen molar-refractivity contribution in [2.45, 2.75) is 0 Å². The highest BCUT2D eigenvalue weighted by molar-refractivity contribution is 9.10. The second kappa shape index (κ2) is 5.73. The highest BCUT2D eigenvalue weighted by atomic mass is 79.9. The Bertz CT molecular complexity index is 977. The fourth-order valence-electron chi connectivity index (χ4n) is 2.99. The van der Waals surface area contributed by atoms with Gasteiger partial charge in [0.25, 0.3) is 5.91 Å². The van der Waals surface area contributed by atoms with Gasteiger partial charge < -0.3 is 5.32 Å². The van der Waals surface area contributed by atoms with Crippen molar-refractivity contribution in [3.8, 4) is 11.1 Å². The van der Waals surface area contributed by atoms with Crippen molar-refractivity contribution in [2.75, 3.05) is 5.32 Å². The van der Waals surface area contributed by atoms with E-state index in [0.29, 0.717) is 22.4 Å². The van der Waals surface area contributed by atoms with Crippen molar-refractivity contribution in [1.29, 1.82) is 0 Å². The summed E-state index contributed by atoms with van der Waals surface area (Å²) in [5.41, 5.74) is 3.92. The normalized spacial score (nSPS) is 11.8. The molecule has 0 spiro atoms. The number of nitrogens with one attached hydrogen (secondary N) is 1. The molecular formula is C20H12BrNO2. The van der Waals surface area contributed by atoms with Crippen LogP contribution < -0.4 is 5.32 Å². The highest BCUT2D eigenvalue weighted by Gasteiger charge is 2.30. The fraction of sp³-hybridized carbons (Fsp3) is 0. The predicted molar refractivity (Wildman–Crippen MR) is 97.4 cm³/mol. The van der Waals surface area contributed by atoms with Crippen molar-refractivity contribution < 1.29 is 9.59 Å². The van der Waals surface area contributed by atoms with Crippen LogP contribution in [0.1, 0.15) is 26.3 Å². The molecule has 0 aromatic heterocycles. The summed E-state index contributed by atoms with van der Waals surface area (Å²) in [6.45, 7) is 0. The number of anilines is 1. The Hall–Kier alpha value is -2.72. The molecule has 0 saturated carbocycles. The molecule has 0 aliphatic heterocycles. The van der Waals surface area contributed by atoms with E-state index in [1.165, 1.54) is 0 Å². The van der Waals surface area contributed by atoms with E-state index >= 15 is 0 Å². The van der Waals surface area contributed by atoms with E-state index < -0.39 is 0 Å². The molecule has 0 unspecified atom stereocenters. The van der Waals surface area contributed by atoms with Crippen LogP contribution >= 0.6 is 15.9 Å². The lowest BCUT2D eigenvalue weighted by atomic mass is 10.0. The minimum Gasteiger partial charge on any atom is -0.322 e. The van der Waals surface area contributed by atoms with Gasteiger partial charge in [0.2, 0.25) is 0 Å². The smallest absolute Gasteiger partial charge is 0.256 e. The highest BCUT2D eigenvalue weighted by Crippen LogP contribution is 2.38. The zero-order valence-electron chi connectivity index (χ0n) is 12.5. The lowest BCUT2D eigenvalue weighted by molar-refractivity contribution is 0.0999. The number of halogens is 1. The third kappa shape index (κ3) is 2.36. The molecular weight excluding hydrogens is 366 g/mol. The minimum atomic E-state index is -0.282. The van der Waals surface area contributed by atoms with Crippen LogP contribution in [0.2, 0.25) is 0 Å². The molecule has 0 saturated heterocycles. The van der Waals surface area contributed by atoms with Gasteiger partial charge in [0.1, 0.15) is 0 Å². The van der Waals surface area contributed by atoms with Gasteiger partial charge in [0.05, 0.1) is 5.56 Å². The van der Waals surface area contributed by atoms with Crippen molar-refractivity contribution >= 4 is 33.3 Å². The molecule has 0 radical (unpaired) electrons. The fourth-order valence-corrected chi connectivity index (χ4v) is 3.26. The van der Waals surface area contributed by atoms with E-state index in [4.69, 9.17) is 0 Å². The molecule has 0 fully saturated rings. The molecule has 0 bridgehead atoms. The van der Waals surface area contributed by atoms with Crippen LogP contribution in [0.4, 0.5) is 5.69 Å². The van der Waals surface area contributed by atoms with Gasteiger partial charge in [-0.1, -0.05) is 52.3 Å². The lowest BCUT2D eigenvalue weighted by Gasteiger charge is -2.09. The van der Waals surface area contributed by atoms with Crippen molar-refractivity contribution in [2.24, 2.45) is 0 Å². The Morgan fingerprint density at radius 1 is 0.792 bits per heavy atom. The summed E-state index contributed by atoms with van der Waals surface area (Å²) in [7, 11) is 0. The lowest BCUT2D eigenvalue weighted by Crippen LogP contribution is -2.15. The predicted octanol–water partition coefficient (Wildman–Crippen LogP) is 4.91. The Kier molecular flexibility index (Phi) is 3.54. The Balaban J connectivity index is 1.75. The van der Waals surface area contributed by atoms with Crippen molar-refractivity contribution in [3.63, 3.8) is 0 Å². The second-order valence-corrected chi connectivity index (χ2v) is 6.48. The van der Waals surface area contributed by atoms with Crippen LogP contribution in [0.15, 0.2) is 71.2 Å². The zero-order valence-corrected chi connectivity index (χ0v) is 14.1. The Morgan fingerprint density at radius 2 is 1.46 bits per heavy atom. The molecule has 1 aliphatic rings. The summed E-state index contributed by atoms with van der Waals surface area (Å²) in [6, 6.07) is 20.2. The number of ketones is 1. The molecule has 0 heterocycles. The van der Waals surface area contributed by atoms with Gasteiger partial charge >= 0.3 is 0 Å². The summed E-state index contributed by atoms with van der Waals surface area (Å²) >= 11 is 3.36. The molecule has 0 atom stereocenters. The number of carbonyl (C=O) groups excluding carboxylic acids is 2. The van der Waals surface area contributed by atoms with Gasteiger partial charge in [-0.3, -0.25) is 9.59 Å². The first-order valence-corrected chi connectivity index (χ1v) is 8.28. The summed E-state index contributed by atoms with van der Waals surface area (Å²) < 4.78 is 0.937. The van der Waals surface area contributed by atoms with E-state index in [1.807, 2.05) is 54.6 Å². The quantitative estimate of drug-likeness (QED) is 0.539. The molecule has 3 aromatic carbocycles. The third-order valence-corrected chi connectivity index (χ3v) is 4.63. The van der Waals surface area contributed by atoms with Gasteiger partial charge in [0, 0.05) is 21.3 Å². The number of fused-ring (bicyclic) bond motifs is 3. The van der Waals surface area contributed by atoms with Crippen LogP contribution in [0.3, 0.4) is 0 Å². The summed E-state index contributed by atoms with van der Waals surface area (Å²) in [5.74, 6) is -0.377. The van der Waals surface area contributed by atoms with Gasteiger partial charge in [-0.2, -0.15) is 0 Å². The van der Waals surface area contributed by atoms with Crippen LogP contribution in [-0.4, -0.2) is 11.7 Å². The molecule has 24 heavy (non-hydrogen) atoms. The molecule has 4 heteroatoms. The number of benzene rings is 3. The summed E-state index contributed by atoms with van der Waals surface area (Å²) in [6.07, 6.45) is 0. The molecule has 3 nitrogen and oxygen atoms in total. The molecule has 116 valence electrons. The number of rotatable bonds is 2. The van der Waals surface area contributed by atoms with Crippen molar-refractivity contribution in [3.05, 3.63) is 87.9 Å². The van der Waals surface area contributed by atoms with E-state index in [2.05, 4.69) is 21.2 Å². The monoisotopic (exact) mass is 377 g/mol. The van der Waals surface area contributed by atoms with Crippen LogP contribution in [0.5, 0.6) is 0 Å². The number of amides is 1. The summed E-state index contributed by atoms with van der Waals surface area (Å²) in [4.78, 5) is 25.4. The molecule has 1 N–H and O–H groups in total. The Labute approximate surface area is 147 Å². The standard InChI is InChI=1S/C20H12BrNO2/c21-12-8-10-13(11-9-12)22-20(24)17-7-3-6-15-14-4-1-2-5-16(14)19(23)18(15)17/h1-11H,(H,22,24). The largest absolute Gasteiger partial charge is 0.322 e. The number of hydrogen-bond donors (Lipinski definition) is 1. The van der Waals surface area contributed by atoms with Crippen LogP contribution in [0.25, 0.3) is 11.1 Å². The number of hydrogen-bond acceptors (Lipinski definition) is 2. The number of carbonyl (C=O) groups is 2. The minimum absolute atomic E-state index is 0.0952. The summed E-state index contributed by atoms with van der Waals surface area (Å²) in [5, 5.41) is 2.85. The maximum atomic E-state index is 12.7. The SMILES string of the molecule is O=C(Nc1ccc(Br)cc1)c1cccc2c1C(=O)c1ccccc1-2. The third-order valence-electron chi connectivity index (χ3n) is 4.10. The van der Waals surface area contributed by atoms with Gasteiger partial charge in [-0.15, -0.1) is 0 Å². The first-order valence-electron chi connectivity index (χ1n) is 7.49. The maximum absolute atomic E-state index is 12.7. The van der Waals surface area contributed by atoms with E-state index in [-0.39, 0.29) is 11.7 Å². The zero-order chi connectivity index (χ0) is 16.7. The molecule has 3 aromatic rings. The molecule has 1 amide bonds. The second-order valence-electron chi connectivity index (χ2n) is 5.56. The first-order chi connectivity index (χ1) is 11.6. The van der Waals surface area contributed by atoms with Gasteiger partial charge in [0.15, 0.2) is 5.78 Å². The van der Waals surface area contributed by atoms with Gasteiger partial charge in [-0.05, 0) is 41.5 Å². The molecule has 1 aliphatic carbocycles. The maximum Gasteiger partial charge on any atom is 0.256 e. The van der Waals surface area contributed by atoms with E-state index in [1.54, 1.807) is 12.1 Å². The Morgan fingerprint density at radius 3 is 2.21 bits per heavy atom. The average Bonchev–Trinajstić information content (AvgIpc) is 2.90. The first kappa shape index (κ1) is 14.8. The molecule has 4 rings (SSSR count). The van der Waals surface area contributed by atoms with Crippen LogP contribution in [0, 0.1) is 0 Å². The van der Waals surface area contributed by atoms with Gasteiger partial charge in [-0.25, -0.2) is 0 Å². The average molecular weight is 378 g/mol. The van der Waals surface area contributed by atoms with Crippen LogP contribution in [-0.2, 0) is 0 Å². The topological polar surface area (TPSA) is 46.2 Å².